The Bertz CT molecular complexity index is 167. The molecule has 0 saturated carbocycles. The summed E-state index contributed by atoms with van der Waals surface area (Å²) in [5.74, 6) is 0.479. The topological polar surface area (TPSA) is 38.9 Å². The quantitative estimate of drug-likeness (QED) is 0.638. The van der Waals surface area contributed by atoms with Crippen LogP contribution in [0.15, 0.2) is 16.7 Å². The zero-order valence-electron chi connectivity index (χ0n) is 4.06. The number of rotatable bonds is 0. The first-order chi connectivity index (χ1) is 3.80. The highest BCUT2D eigenvalue weighted by Crippen LogP contribution is 2.12. The molecule has 8 heavy (non-hydrogen) atoms. The normalized spacial score (nSPS) is 9.12. The van der Waals surface area contributed by atoms with Crippen LogP contribution in [0.5, 0.6) is 0 Å². The minimum Gasteiger partial charge on any atom is -0.383 e. The molecule has 0 aromatic carbocycles. The van der Waals surface area contributed by atoms with Gasteiger partial charge in [0, 0.05) is 12.3 Å². The third-order valence-corrected chi connectivity index (χ3v) is 1.36. The fourth-order valence-electron chi connectivity index (χ4n) is 0.359. The number of nitrogen functional groups attached to an aromatic ring is 1. The standard InChI is InChI=1S/C5H4BrN2/c6-4-2-1-3-8-5(4)7/h1,3H,(H2,7,8). The van der Waals surface area contributed by atoms with E-state index in [0.717, 1.165) is 4.47 Å². The van der Waals surface area contributed by atoms with Gasteiger partial charge in [-0.3, -0.25) is 0 Å². The van der Waals surface area contributed by atoms with E-state index in [1.165, 1.54) is 0 Å². The summed E-state index contributed by atoms with van der Waals surface area (Å²) in [5, 5.41) is 0. The smallest absolute Gasteiger partial charge is 0.138 e. The van der Waals surface area contributed by atoms with Crippen LogP contribution in [-0.4, -0.2) is 4.98 Å². The van der Waals surface area contributed by atoms with Gasteiger partial charge in [0.15, 0.2) is 0 Å². The van der Waals surface area contributed by atoms with Crippen molar-refractivity contribution < 1.29 is 0 Å². The van der Waals surface area contributed by atoms with Crippen LogP contribution in [0.1, 0.15) is 0 Å². The van der Waals surface area contributed by atoms with Crippen LogP contribution in [0.2, 0.25) is 0 Å². The number of nitrogens with zero attached hydrogens (tertiary/aromatic N) is 1. The van der Waals surface area contributed by atoms with Crippen molar-refractivity contribution in [3.8, 4) is 0 Å². The SMILES string of the molecule is Nc1ncc[c]c1Br. The van der Waals surface area contributed by atoms with Crippen molar-refractivity contribution in [3.05, 3.63) is 22.8 Å². The Hall–Kier alpha value is -0.570. The second kappa shape index (κ2) is 2.13. The van der Waals surface area contributed by atoms with Crippen LogP contribution in [0.4, 0.5) is 5.82 Å². The first kappa shape index (κ1) is 5.56. The molecular weight excluding hydrogens is 168 g/mol. The van der Waals surface area contributed by atoms with E-state index >= 15 is 0 Å². The number of hydrogen-bond acceptors (Lipinski definition) is 2. The van der Waals surface area contributed by atoms with Crippen molar-refractivity contribution in [1.29, 1.82) is 0 Å². The Labute approximate surface area is 55.9 Å². The number of halogens is 1. The minimum absolute atomic E-state index is 0.479. The molecule has 2 nitrogen and oxygen atoms in total. The molecule has 1 aromatic heterocycles. The summed E-state index contributed by atoms with van der Waals surface area (Å²) < 4.78 is 0.722. The van der Waals surface area contributed by atoms with E-state index in [2.05, 4.69) is 27.0 Å². The summed E-state index contributed by atoms with van der Waals surface area (Å²) in [4.78, 5) is 3.78. The molecule has 0 bridgehead atoms. The van der Waals surface area contributed by atoms with E-state index in [0.29, 0.717) is 5.82 Å². The molecule has 0 aliphatic carbocycles. The summed E-state index contributed by atoms with van der Waals surface area (Å²) in [6.07, 6.45) is 1.60. The van der Waals surface area contributed by atoms with Crippen LogP contribution in [0.3, 0.4) is 0 Å². The maximum atomic E-state index is 5.33. The fraction of sp³-hybridized carbons (Fsp3) is 0. The van der Waals surface area contributed by atoms with Crippen molar-refractivity contribution in [3.63, 3.8) is 0 Å². The summed E-state index contributed by atoms with van der Waals surface area (Å²) in [7, 11) is 0. The van der Waals surface area contributed by atoms with Crippen molar-refractivity contribution in [2.24, 2.45) is 0 Å². The molecule has 0 spiro atoms. The van der Waals surface area contributed by atoms with Crippen LogP contribution in [0.25, 0.3) is 0 Å². The van der Waals surface area contributed by atoms with Crippen molar-refractivity contribution >= 4 is 21.7 Å². The average Bonchev–Trinajstić information content (AvgIpc) is 1.77. The number of aromatic nitrogens is 1. The summed E-state index contributed by atoms with van der Waals surface area (Å²) in [6, 6.07) is 4.52. The van der Waals surface area contributed by atoms with Gasteiger partial charge in [-0.15, -0.1) is 0 Å². The number of nitrogens with two attached hydrogens (primary N) is 1. The number of hydrogen-bond donors (Lipinski definition) is 1. The van der Waals surface area contributed by atoms with Gasteiger partial charge < -0.3 is 5.73 Å². The molecule has 1 heterocycles. The van der Waals surface area contributed by atoms with E-state index < -0.39 is 0 Å². The van der Waals surface area contributed by atoms with Gasteiger partial charge in [0.2, 0.25) is 0 Å². The Kier molecular flexibility index (Phi) is 1.48. The lowest BCUT2D eigenvalue weighted by atomic mass is 10.5. The Morgan fingerprint density at radius 3 is 2.88 bits per heavy atom. The predicted octanol–water partition coefficient (Wildman–Crippen LogP) is 1.23. The van der Waals surface area contributed by atoms with Crippen LogP contribution >= 0.6 is 15.9 Å². The van der Waals surface area contributed by atoms with Gasteiger partial charge in [-0.25, -0.2) is 4.98 Å². The second-order valence-corrected chi connectivity index (χ2v) is 2.08. The first-order valence-electron chi connectivity index (χ1n) is 2.08. The molecule has 0 fully saturated rings. The van der Waals surface area contributed by atoms with Gasteiger partial charge in [-0.1, -0.05) is 0 Å². The van der Waals surface area contributed by atoms with Gasteiger partial charge in [-0.05, 0) is 22.0 Å². The molecule has 2 N–H and O–H groups in total. The lowest BCUT2D eigenvalue weighted by molar-refractivity contribution is 1.31. The van der Waals surface area contributed by atoms with Gasteiger partial charge in [-0.2, -0.15) is 0 Å². The zero-order valence-corrected chi connectivity index (χ0v) is 5.64. The first-order valence-corrected chi connectivity index (χ1v) is 2.87. The highest BCUT2D eigenvalue weighted by molar-refractivity contribution is 9.10. The minimum atomic E-state index is 0.479. The Balaban J connectivity index is 3.13. The molecule has 1 radical (unpaired) electrons. The van der Waals surface area contributed by atoms with E-state index in [1.54, 1.807) is 12.3 Å². The lowest BCUT2D eigenvalue weighted by Gasteiger charge is -1.90. The van der Waals surface area contributed by atoms with E-state index in [9.17, 15) is 0 Å². The monoisotopic (exact) mass is 171 g/mol. The van der Waals surface area contributed by atoms with E-state index in [-0.39, 0.29) is 0 Å². The molecule has 3 heteroatoms. The highest BCUT2D eigenvalue weighted by atomic mass is 79.9. The van der Waals surface area contributed by atoms with Crippen LogP contribution < -0.4 is 5.73 Å². The predicted molar refractivity (Wildman–Crippen MR) is 35.2 cm³/mol. The molecule has 41 valence electrons. The van der Waals surface area contributed by atoms with Gasteiger partial charge in [0.1, 0.15) is 5.82 Å². The molecule has 0 aliphatic heterocycles. The third kappa shape index (κ3) is 0.980. The maximum absolute atomic E-state index is 5.33. The van der Waals surface area contributed by atoms with Crippen molar-refractivity contribution in [2.75, 3.05) is 5.73 Å². The fourth-order valence-corrected chi connectivity index (χ4v) is 0.593. The van der Waals surface area contributed by atoms with Crippen LogP contribution in [-0.2, 0) is 0 Å². The second-order valence-electron chi connectivity index (χ2n) is 1.29. The molecule has 1 rings (SSSR count). The van der Waals surface area contributed by atoms with Crippen LogP contribution in [0, 0.1) is 6.07 Å². The van der Waals surface area contributed by atoms with Crippen molar-refractivity contribution in [1.82, 2.24) is 4.98 Å². The molecule has 1 aromatic rings. The third-order valence-electron chi connectivity index (χ3n) is 0.723. The molecule has 0 aliphatic rings. The maximum Gasteiger partial charge on any atom is 0.138 e. The Morgan fingerprint density at radius 1 is 1.75 bits per heavy atom. The highest BCUT2D eigenvalue weighted by Gasteiger charge is 1.89. The number of pyridine rings is 1. The molecular formula is C5H4BrN2. The largest absolute Gasteiger partial charge is 0.383 e. The van der Waals surface area contributed by atoms with Gasteiger partial charge >= 0.3 is 0 Å². The summed E-state index contributed by atoms with van der Waals surface area (Å²) >= 11 is 3.15. The van der Waals surface area contributed by atoms with Gasteiger partial charge in [0.25, 0.3) is 0 Å². The molecule has 0 atom stereocenters. The molecule has 0 saturated heterocycles. The summed E-state index contributed by atoms with van der Waals surface area (Å²) in [6.45, 7) is 0. The molecule has 0 amide bonds. The molecule has 0 unspecified atom stereocenters. The van der Waals surface area contributed by atoms with E-state index in [1.807, 2.05) is 0 Å². The zero-order chi connectivity index (χ0) is 5.98. The Morgan fingerprint density at radius 2 is 2.50 bits per heavy atom. The lowest BCUT2D eigenvalue weighted by Crippen LogP contribution is -1.88. The van der Waals surface area contributed by atoms with E-state index in [4.69, 9.17) is 5.73 Å². The number of anilines is 1. The van der Waals surface area contributed by atoms with Gasteiger partial charge in [0.05, 0.1) is 4.47 Å². The van der Waals surface area contributed by atoms with Crippen molar-refractivity contribution in [2.45, 2.75) is 0 Å². The summed E-state index contributed by atoms with van der Waals surface area (Å²) in [5.41, 5.74) is 5.33. The average molecular weight is 172 g/mol.